The molecule has 0 saturated carbocycles. The second kappa shape index (κ2) is 6.12. The van der Waals surface area contributed by atoms with E-state index in [0.717, 1.165) is 12.8 Å². The molecule has 96 valence electrons. The summed E-state index contributed by atoms with van der Waals surface area (Å²) in [6, 6.07) is 0. The molecule has 0 bridgehead atoms. The lowest BCUT2D eigenvalue weighted by molar-refractivity contribution is 0.0311. The largest absolute Gasteiger partial charge is 0.508 e. The summed E-state index contributed by atoms with van der Waals surface area (Å²) in [5.74, 6) is 0. The fraction of sp³-hybridized carbons (Fsp3) is 0.923. The zero-order chi connectivity index (χ0) is 12.8. The quantitative estimate of drug-likeness (QED) is 0.540. The highest BCUT2D eigenvalue weighted by atomic mass is 16.7. The van der Waals surface area contributed by atoms with Gasteiger partial charge < -0.3 is 9.47 Å². The number of hydrogen-bond donors (Lipinski definition) is 0. The third kappa shape index (κ3) is 11.3. The van der Waals surface area contributed by atoms with Crippen LogP contribution in [0.15, 0.2) is 0 Å². The van der Waals surface area contributed by atoms with Crippen molar-refractivity contribution in [3.05, 3.63) is 0 Å². The number of rotatable bonds is 4. The van der Waals surface area contributed by atoms with Crippen molar-refractivity contribution in [1.82, 2.24) is 0 Å². The number of ether oxygens (including phenoxy) is 2. The van der Waals surface area contributed by atoms with Crippen molar-refractivity contribution in [3.8, 4) is 0 Å². The van der Waals surface area contributed by atoms with E-state index in [1.165, 1.54) is 0 Å². The van der Waals surface area contributed by atoms with Crippen LogP contribution in [0.25, 0.3) is 0 Å². The van der Waals surface area contributed by atoms with Gasteiger partial charge in [0.15, 0.2) is 0 Å². The van der Waals surface area contributed by atoms with Crippen LogP contribution in [0.2, 0.25) is 0 Å². The standard InChI is InChI=1S/C13H26O3/c1-12(2,3)8-7-9-15-11(14)16-10-13(4,5)6/h7-10H2,1-6H3. The maximum absolute atomic E-state index is 11.2. The normalized spacial score (nSPS) is 12.4. The Balaban J connectivity index is 3.52. The highest BCUT2D eigenvalue weighted by Crippen LogP contribution is 2.20. The van der Waals surface area contributed by atoms with Crippen LogP contribution in [0, 0.1) is 10.8 Å². The molecule has 16 heavy (non-hydrogen) atoms. The Morgan fingerprint density at radius 3 is 1.94 bits per heavy atom. The smallest absolute Gasteiger partial charge is 0.434 e. The van der Waals surface area contributed by atoms with Crippen LogP contribution < -0.4 is 0 Å². The average Bonchev–Trinajstić information content (AvgIpc) is 2.06. The summed E-state index contributed by atoms with van der Waals surface area (Å²) in [7, 11) is 0. The van der Waals surface area contributed by atoms with Crippen LogP contribution in [0.3, 0.4) is 0 Å². The van der Waals surface area contributed by atoms with Crippen LogP contribution in [0.5, 0.6) is 0 Å². The van der Waals surface area contributed by atoms with Crippen LogP contribution in [-0.2, 0) is 9.47 Å². The fourth-order valence-electron chi connectivity index (χ4n) is 1.08. The zero-order valence-electron chi connectivity index (χ0n) is 11.6. The third-order valence-corrected chi connectivity index (χ3v) is 1.91. The molecule has 0 unspecified atom stereocenters. The monoisotopic (exact) mass is 230 g/mol. The lowest BCUT2D eigenvalue weighted by atomic mass is 9.91. The van der Waals surface area contributed by atoms with Gasteiger partial charge in [-0.3, -0.25) is 0 Å². The van der Waals surface area contributed by atoms with Gasteiger partial charge >= 0.3 is 6.16 Å². The Labute approximate surface area is 99.5 Å². The molecule has 0 aromatic heterocycles. The molecule has 0 fully saturated rings. The van der Waals surface area contributed by atoms with Gasteiger partial charge in [-0.15, -0.1) is 0 Å². The van der Waals surface area contributed by atoms with Gasteiger partial charge in [-0.1, -0.05) is 41.5 Å². The first kappa shape index (κ1) is 15.3. The highest BCUT2D eigenvalue weighted by molar-refractivity contribution is 5.59. The van der Waals surface area contributed by atoms with E-state index in [4.69, 9.17) is 9.47 Å². The summed E-state index contributed by atoms with van der Waals surface area (Å²) in [6.45, 7) is 13.4. The molecule has 0 saturated heterocycles. The SMILES string of the molecule is CC(C)(C)CCCOC(=O)OCC(C)(C)C. The highest BCUT2D eigenvalue weighted by Gasteiger charge is 2.15. The Morgan fingerprint density at radius 2 is 1.50 bits per heavy atom. The van der Waals surface area contributed by atoms with Crippen LogP contribution in [0.4, 0.5) is 4.79 Å². The van der Waals surface area contributed by atoms with Crippen molar-refractivity contribution in [1.29, 1.82) is 0 Å². The number of hydrogen-bond acceptors (Lipinski definition) is 3. The number of carbonyl (C=O) groups is 1. The van der Waals surface area contributed by atoms with Crippen molar-refractivity contribution in [2.24, 2.45) is 10.8 Å². The minimum atomic E-state index is -0.552. The molecule has 0 aliphatic rings. The van der Waals surface area contributed by atoms with Gasteiger partial charge in [-0.2, -0.15) is 0 Å². The Morgan fingerprint density at radius 1 is 0.938 bits per heavy atom. The van der Waals surface area contributed by atoms with E-state index < -0.39 is 6.16 Å². The van der Waals surface area contributed by atoms with Crippen LogP contribution in [0.1, 0.15) is 54.4 Å². The molecule has 0 aliphatic heterocycles. The maximum atomic E-state index is 11.2. The van der Waals surface area contributed by atoms with Crippen molar-refractivity contribution < 1.29 is 14.3 Å². The first-order valence-electron chi connectivity index (χ1n) is 5.90. The Hall–Kier alpha value is -0.730. The van der Waals surface area contributed by atoms with Crippen molar-refractivity contribution in [3.63, 3.8) is 0 Å². The van der Waals surface area contributed by atoms with Gasteiger partial charge in [0.2, 0.25) is 0 Å². The predicted molar refractivity (Wildman–Crippen MR) is 65.4 cm³/mol. The molecular weight excluding hydrogens is 204 g/mol. The minimum Gasteiger partial charge on any atom is -0.434 e. The summed E-state index contributed by atoms with van der Waals surface area (Å²) < 4.78 is 9.95. The van der Waals surface area contributed by atoms with E-state index in [-0.39, 0.29) is 5.41 Å². The molecular formula is C13H26O3. The molecule has 0 N–H and O–H groups in total. The third-order valence-electron chi connectivity index (χ3n) is 1.91. The molecule has 0 aromatic rings. The second-order valence-corrected chi connectivity index (χ2v) is 6.61. The molecule has 0 heterocycles. The minimum absolute atomic E-state index is 0.00949. The Bertz CT molecular complexity index is 208. The predicted octanol–water partition coefficient (Wildman–Crippen LogP) is 4.01. The molecule has 3 heteroatoms. The number of carbonyl (C=O) groups excluding carboxylic acids is 1. The molecule has 0 spiro atoms. The van der Waals surface area contributed by atoms with E-state index in [2.05, 4.69) is 20.8 Å². The van der Waals surface area contributed by atoms with E-state index in [1.54, 1.807) is 0 Å². The van der Waals surface area contributed by atoms with Gasteiger partial charge in [-0.25, -0.2) is 4.79 Å². The first-order chi connectivity index (χ1) is 7.10. The lowest BCUT2D eigenvalue weighted by Gasteiger charge is -2.19. The summed E-state index contributed by atoms with van der Waals surface area (Å²) in [6.07, 6.45) is 1.37. The first-order valence-corrected chi connectivity index (χ1v) is 5.90. The van der Waals surface area contributed by atoms with Crippen molar-refractivity contribution in [2.75, 3.05) is 13.2 Å². The lowest BCUT2D eigenvalue weighted by Crippen LogP contribution is -2.19. The average molecular weight is 230 g/mol. The van der Waals surface area contributed by atoms with Gasteiger partial charge in [0, 0.05) is 0 Å². The molecule has 3 nitrogen and oxygen atoms in total. The molecule has 0 rings (SSSR count). The van der Waals surface area contributed by atoms with Crippen LogP contribution in [-0.4, -0.2) is 19.4 Å². The van der Waals surface area contributed by atoms with Gasteiger partial charge in [0.25, 0.3) is 0 Å². The summed E-state index contributed by atoms with van der Waals surface area (Å²) in [4.78, 5) is 11.2. The van der Waals surface area contributed by atoms with Gasteiger partial charge in [-0.05, 0) is 23.7 Å². The van der Waals surface area contributed by atoms with Crippen molar-refractivity contribution in [2.45, 2.75) is 54.4 Å². The van der Waals surface area contributed by atoms with Crippen LogP contribution >= 0.6 is 0 Å². The molecule has 0 aromatic carbocycles. The summed E-state index contributed by atoms with van der Waals surface area (Å²) in [5.41, 5.74) is 0.281. The second-order valence-electron chi connectivity index (χ2n) is 6.61. The van der Waals surface area contributed by atoms with E-state index >= 15 is 0 Å². The molecule has 0 aliphatic carbocycles. The van der Waals surface area contributed by atoms with Crippen molar-refractivity contribution >= 4 is 6.16 Å². The molecule has 0 radical (unpaired) electrons. The Kier molecular flexibility index (Phi) is 5.84. The summed E-state index contributed by atoms with van der Waals surface area (Å²) in [5, 5.41) is 0. The zero-order valence-corrected chi connectivity index (χ0v) is 11.6. The van der Waals surface area contributed by atoms with E-state index in [0.29, 0.717) is 18.6 Å². The maximum Gasteiger partial charge on any atom is 0.508 e. The summed E-state index contributed by atoms with van der Waals surface area (Å²) >= 11 is 0. The topological polar surface area (TPSA) is 35.5 Å². The molecule has 0 amide bonds. The fourth-order valence-corrected chi connectivity index (χ4v) is 1.08. The van der Waals surface area contributed by atoms with E-state index in [9.17, 15) is 4.79 Å². The van der Waals surface area contributed by atoms with Gasteiger partial charge in [0.05, 0.1) is 13.2 Å². The molecule has 0 atom stereocenters. The van der Waals surface area contributed by atoms with E-state index in [1.807, 2.05) is 20.8 Å². The van der Waals surface area contributed by atoms with Gasteiger partial charge in [0.1, 0.15) is 0 Å².